The molecule has 188 valence electrons. The second-order valence-electron chi connectivity index (χ2n) is 9.58. The Morgan fingerprint density at radius 3 is 2.67 bits per heavy atom. The molecule has 4 aromatic rings. The number of carbonyl (C=O) groups is 1. The lowest BCUT2D eigenvalue weighted by Gasteiger charge is -2.24. The van der Waals surface area contributed by atoms with E-state index < -0.39 is 30.2 Å². The topological polar surface area (TPSA) is 129 Å². The van der Waals surface area contributed by atoms with Crippen molar-refractivity contribution in [1.29, 1.82) is 5.26 Å². The molecule has 0 radical (unpaired) electrons. The highest BCUT2D eigenvalue weighted by atomic mass is 19.1. The second kappa shape index (κ2) is 9.22. The van der Waals surface area contributed by atoms with Gasteiger partial charge in [0.15, 0.2) is 5.82 Å². The van der Waals surface area contributed by atoms with Crippen molar-refractivity contribution < 1.29 is 24.1 Å². The third-order valence-corrected chi connectivity index (χ3v) is 5.60. The molecule has 2 N–H and O–H groups in total. The van der Waals surface area contributed by atoms with Gasteiger partial charge in [0.2, 0.25) is 0 Å². The molecule has 3 heterocycles. The maximum absolute atomic E-state index is 14.3. The van der Waals surface area contributed by atoms with E-state index >= 15 is 0 Å². The molecular weight excluding hydrogens is 467 g/mol. The first-order chi connectivity index (χ1) is 16.9. The van der Waals surface area contributed by atoms with Crippen LogP contribution in [-0.2, 0) is 18.3 Å². The fraction of sp³-hybridized carbons (Fsp3) is 0.360. The minimum Gasteiger partial charge on any atom is -0.443 e. The molecular formula is C25H27FN6O4. The highest BCUT2D eigenvalue weighted by molar-refractivity contribution is 6.10. The van der Waals surface area contributed by atoms with E-state index in [1.807, 2.05) is 6.07 Å². The number of nitrogens with zero attached hydrogens (tertiary/aromatic N) is 6. The minimum atomic E-state index is -1.14. The number of nitriles is 1. The van der Waals surface area contributed by atoms with Gasteiger partial charge in [-0.25, -0.2) is 19.2 Å². The lowest BCUT2D eigenvalue weighted by molar-refractivity contribution is 0.0588. The summed E-state index contributed by atoms with van der Waals surface area (Å²) < 4.78 is 23.3. The van der Waals surface area contributed by atoms with Gasteiger partial charge in [0.1, 0.15) is 22.6 Å². The molecule has 1 aromatic carbocycles. The maximum Gasteiger partial charge on any atom is 0.415 e. The standard InChI is InChI=1S/C25H27FN6O4/c1-25(2,3)36-24(35)31(5)23-20-21(30(4)13-28-20)18-9-19(15-6-14(10-27)7-16(26)8-15)32(22(18)29-23)11-17(34)12-33/h6-9,13,17,33-34H,11-12H2,1-5H3. The van der Waals surface area contributed by atoms with Crippen LogP contribution in [0.4, 0.5) is 15.0 Å². The number of carbonyl (C=O) groups excluding carboxylic acids is 1. The van der Waals surface area contributed by atoms with Crippen molar-refractivity contribution in [2.45, 2.75) is 39.0 Å². The Kier molecular flexibility index (Phi) is 6.43. The molecule has 4 rings (SSSR count). The van der Waals surface area contributed by atoms with Crippen LogP contribution in [0.3, 0.4) is 0 Å². The van der Waals surface area contributed by atoms with Gasteiger partial charge in [0, 0.05) is 25.0 Å². The van der Waals surface area contributed by atoms with Gasteiger partial charge in [-0.3, -0.25) is 4.90 Å². The molecule has 1 atom stereocenters. The van der Waals surface area contributed by atoms with E-state index in [1.54, 1.807) is 49.3 Å². The maximum atomic E-state index is 14.3. The predicted octanol–water partition coefficient (Wildman–Crippen LogP) is 3.33. The fourth-order valence-corrected chi connectivity index (χ4v) is 4.04. The molecule has 36 heavy (non-hydrogen) atoms. The Morgan fingerprint density at radius 2 is 2.03 bits per heavy atom. The number of benzene rings is 1. The molecule has 0 aliphatic carbocycles. The van der Waals surface area contributed by atoms with Crippen LogP contribution in [0.1, 0.15) is 26.3 Å². The lowest BCUT2D eigenvalue weighted by atomic mass is 10.1. The molecule has 0 aliphatic heterocycles. The monoisotopic (exact) mass is 494 g/mol. The molecule has 1 unspecified atom stereocenters. The fourth-order valence-electron chi connectivity index (χ4n) is 4.04. The van der Waals surface area contributed by atoms with Gasteiger partial charge in [0.05, 0.1) is 48.4 Å². The van der Waals surface area contributed by atoms with Gasteiger partial charge >= 0.3 is 6.09 Å². The zero-order valence-electron chi connectivity index (χ0n) is 20.7. The van der Waals surface area contributed by atoms with Crippen molar-refractivity contribution >= 4 is 34.0 Å². The largest absolute Gasteiger partial charge is 0.443 e. The van der Waals surface area contributed by atoms with Crippen LogP contribution in [0.15, 0.2) is 30.6 Å². The number of pyridine rings is 1. The molecule has 0 saturated heterocycles. The van der Waals surface area contributed by atoms with Crippen molar-refractivity contribution in [2.24, 2.45) is 7.05 Å². The van der Waals surface area contributed by atoms with Crippen molar-refractivity contribution in [1.82, 2.24) is 19.1 Å². The van der Waals surface area contributed by atoms with E-state index in [9.17, 15) is 24.7 Å². The number of aromatic nitrogens is 4. The number of fused-ring (bicyclic) bond motifs is 3. The third-order valence-electron chi connectivity index (χ3n) is 5.60. The summed E-state index contributed by atoms with van der Waals surface area (Å²) in [5, 5.41) is 29.8. The number of aryl methyl sites for hydroxylation is 1. The number of amides is 1. The van der Waals surface area contributed by atoms with Crippen LogP contribution in [0, 0.1) is 17.1 Å². The summed E-state index contributed by atoms with van der Waals surface area (Å²) in [6.07, 6.45) is -0.174. The minimum absolute atomic E-state index is 0.0698. The summed E-state index contributed by atoms with van der Waals surface area (Å²) in [7, 11) is 3.32. The van der Waals surface area contributed by atoms with E-state index in [-0.39, 0.29) is 17.9 Å². The highest BCUT2D eigenvalue weighted by Gasteiger charge is 2.27. The first-order valence-corrected chi connectivity index (χ1v) is 11.2. The van der Waals surface area contributed by atoms with Crippen molar-refractivity contribution in [3.63, 3.8) is 0 Å². The molecule has 0 fully saturated rings. The lowest BCUT2D eigenvalue weighted by Crippen LogP contribution is -2.34. The average molecular weight is 495 g/mol. The van der Waals surface area contributed by atoms with E-state index in [2.05, 4.69) is 4.98 Å². The number of rotatable bonds is 5. The van der Waals surface area contributed by atoms with Crippen LogP contribution in [0.5, 0.6) is 0 Å². The number of aliphatic hydroxyl groups is 2. The smallest absolute Gasteiger partial charge is 0.415 e. The number of halogens is 1. The van der Waals surface area contributed by atoms with Crippen molar-refractivity contribution in [3.8, 4) is 17.3 Å². The molecule has 0 aliphatic rings. The van der Waals surface area contributed by atoms with Crippen LogP contribution >= 0.6 is 0 Å². The number of ether oxygens (including phenoxy) is 1. The number of imidazole rings is 1. The Hall–Kier alpha value is -4.01. The first kappa shape index (κ1) is 25.1. The quantitative estimate of drug-likeness (QED) is 0.435. The summed E-state index contributed by atoms with van der Waals surface area (Å²) in [4.78, 5) is 23.3. The van der Waals surface area contributed by atoms with Crippen LogP contribution < -0.4 is 4.90 Å². The predicted molar refractivity (Wildman–Crippen MR) is 132 cm³/mol. The van der Waals surface area contributed by atoms with E-state index in [0.717, 1.165) is 6.07 Å². The Balaban J connectivity index is 2.03. The van der Waals surface area contributed by atoms with Gasteiger partial charge in [-0.05, 0) is 45.0 Å². The summed E-state index contributed by atoms with van der Waals surface area (Å²) in [5.41, 5.74) is 1.75. The van der Waals surface area contributed by atoms with Gasteiger partial charge in [-0.15, -0.1) is 0 Å². The number of aliphatic hydroxyl groups excluding tert-OH is 2. The van der Waals surface area contributed by atoms with Crippen LogP contribution in [0.25, 0.3) is 33.3 Å². The SMILES string of the molecule is CN(C(=O)OC(C)(C)C)c1nc2c(cc(-c3cc(F)cc(C#N)c3)n2CC(O)CO)c2c1ncn2C. The van der Waals surface area contributed by atoms with Crippen molar-refractivity contribution in [2.75, 3.05) is 18.6 Å². The third kappa shape index (κ3) is 4.60. The normalized spacial score (nSPS) is 12.6. The summed E-state index contributed by atoms with van der Waals surface area (Å²) >= 11 is 0. The molecule has 3 aromatic heterocycles. The number of anilines is 1. The number of hydrogen-bond donors (Lipinski definition) is 2. The molecule has 11 heteroatoms. The summed E-state index contributed by atoms with van der Waals surface area (Å²) in [6.45, 7) is 4.69. The molecule has 10 nitrogen and oxygen atoms in total. The van der Waals surface area contributed by atoms with Crippen LogP contribution in [0.2, 0.25) is 0 Å². The van der Waals surface area contributed by atoms with E-state index in [1.165, 1.54) is 24.1 Å². The second-order valence-corrected chi connectivity index (χ2v) is 9.58. The molecule has 0 saturated carbocycles. The average Bonchev–Trinajstić information content (AvgIpc) is 3.37. The molecule has 0 spiro atoms. The highest BCUT2D eigenvalue weighted by Crippen LogP contribution is 2.36. The molecule has 1 amide bonds. The van der Waals surface area contributed by atoms with Gasteiger partial charge in [-0.2, -0.15) is 5.26 Å². The Bertz CT molecular complexity index is 1510. The number of hydrogen-bond acceptors (Lipinski definition) is 7. The van der Waals surface area contributed by atoms with E-state index in [0.29, 0.717) is 33.3 Å². The Morgan fingerprint density at radius 1 is 1.31 bits per heavy atom. The zero-order chi connectivity index (χ0) is 26.4. The van der Waals surface area contributed by atoms with Gasteiger partial charge < -0.3 is 24.1 Å². The van der Waals surface area contributed by atoms with Crippen molar-refractivity contribution in [3.05, 3.63) is 42.0 Å². The van der Waals surface area contributed by atoms with Crippen LogP contribution in [-0.4, -0.2) is 60.8 Å². The summed E-state index contributed by atoms with van der Waals surface area (Å²) in [6, 6.07) is 7.66. The Labute approximate surface area is 206 Å². The zero-order valence-corrected chi connectivity index (χ0v) is 20.7. The van der Waals surface area contributed by atoms with Gasteiger partial charge in [-0.1, -0.05) is 0 Å². The molecule has 0 bridgehead atoms. The summed E-state index contributed by atoms with van der Waals surface area (Å²) in [5.74, 6) is -0.360. The first-order valence-electron chi connectivity index (χ1n) is 11.2. The van der Waals surface area contributed by atoms with Gasteiger partial charge in [0.25, 0.3) is 0 Å². The van der Waals surface area contributed by atoms with E-state index in [4.69, 9.17) is 9.72 Å².